The second kappa shape index (κ2) is 5.77. The first kappa shape index (κ1) is 13.5. The molecule has 2 rings (SSSR count). The predicted octanol–water partition coefficient (Wildman–Crippen LogP) is 2.25. The molecule has 1 unspecified atom stereocenters. The van der Waals surface area contributed by atoms with Gasteiger partial charge in [0.15, 0.2) is 0 Å². The molecule has 0 fully saturated rings. The van der Waals surface area contributed by atoms with Gasteiger partial charge in [0, 0.05) is 18.3 Å². The Bertz CT molecular complexity index is 511. The van der Waals surface area contributed by atoms with Crippen LogP contribution in [0.15, 0.2) is 5.38 Å². The maximum absolute atomic E-state index is 10.1. The van der Waals surface area contributed by atoms with Gasteiger partial charge in [0.2, 0.25) is 0 Å². The zero-order valence-corrected chi connectivity index (χ0v) is 11.9. The van der Waals surface area contributed by atoms with E-state index in [1.807, 2.05) is 18.5 Å². The molecule has 0 saturated heterocycles. The number of halogens is 1. The van der Waals surface area contributed by atoms with Crippen molar-refractivity contribution in [3.8, 4) is 0 Å². The number of aliphatic hydroxyl groups is 1. The van der Waals surface area contributed by atoms with Crippen molar-refractivity contribution in [2.24, 2.45) is 0 Å². The summed E-state index contributed by atoms with van der Waals surface area (Å²) in [6, 6.07) is 0. The zero-order valence-electron chi connectivity index (χ0n) is 10.3. The normalized spacial score (nSPS) is 12.9. The number of rotatable bonds is 5. The van der Waals surface area contributed by atoms with E-state index in [9.17, 15) is 5.11 Å². The fraction of sp³-hybridized carbons (Fsp3) is 0.545. The molecule has 1 N–H and O–H groups in total. The van der Waals surface area contributed by atoms with Gasteiger partial charge in [-0.1, -0.05) is 23.0 Å². The van der Waals surface area contributed by atoms with E-state index < -0.39 is 6.10 Å². The summed E-state index contributed by atoms with van der Waals surface area (Å²) in [6.45, 7) is 4.75. The van der Waals surface area contributed by atoms with Crippen molar-refractivity contribution in [2.75, 3.05) is 0 Å². The first-order valence-corrected chi connectivity index (χ1v) is 7.07. The molecule has 2 aromatic rings. The molecule has 98 valence electrons. The van der Waals surface area contributed by atoms with Gasteiger partial charge in [0.25, 0.3) is 0 Å². The molecule has 0 saturated carbocycles. The molecule has 0 aliphatic carbocycles. The van der Waals surface area contributed by atoms with E-state index in [-0.39, 0.29) is 0 Å². The monoisotopic (exact) mass is 286 g/mol. The van der Waals surface area contributed by atoms with Crippen LogP contribution >= 0.6 is 23.1 Å². The molecular formula is C11H15ClN4OS. The highest BCUT2D eigenvalue weighted by molar-refractivity contribution is 7.03. The van der Waals surface area contributed by atoms with Crippen LogP contribution < -0.4 is 0 Å². The molecule has 0 spiro atoms. The predicted molar refractivity (Wildman–Crippen MR) is 70.9 cm³/mol. The van der Waals surface area contributed by atoms with Gasteiger partial charge in [0.05, 0.1) is 16.4 Å². The lowest BCUT2D eigenvalue weighted by Crippen LogP contribution is -2.09. The Balaban J connectivity index is 2.25. The van der Waals surface area contributed by atoms with Gasteiger partial charge < -0.3 is 5.11 Å². The number of aromatic nitrogens is 4. The smallest absolute Gasteiger partial charge is 0.104 e. The van der Waals surface area contributed by atoms with Crippen LogP contribution in [0, 0.1) is 0 Å². The van der Waals surface area contributed by atoms with Gasteiger partial charge in [-0.15, -0.1) is 5.10 Å². The van der Waals surface area contributed by atoms with Crippen LogP contribution in [0.5, 0.6) is 0 Å². The third-order valence-corrected chi connectivity index (χ3v) is 3.76. The molecule has 0 bridgehead atoms. The van der Waals surface area contributed by atoms with Crippen LogP contribution in [0.1, 0.15) is 37.0 Å². The first-order chi connectivity index (χ1) is 8.67. The summed E-state index contributed by atoms with van der Waals surface area (Å²) in [6.07, 6.45) is 0.506. The van der Waals surface area contributed by atoms with Crippen molar-refractivity contribution in [1.29, 1.82) is 0 Å². The molecule has 2 heterocycles. The van der Waals surface area contributed by atoms with Gasteiger partial charge in [0.1, 0.15) is 11.8 Å². The minimum absolute atomic E-state index is 0.408. The Morgan fingerprint density at radius 2 is 2.28 bits per heavy atom. The highest BCUT2D eigenvalue weighted by atomic mass is 35.5. The summed E-state index contributed by atoms with van der Waals surface area (Å²) >= 11 is 7.51. The maximum Gasteiger partial charge on any atom is 0.104 e. The lowest BCUT2D eigenvalue weighted by molar-refractivity contribution is 0.170. The van der Waals surface area contributed by atoms with Crippen molar-refractivity contribution >= 4 is 23.1 Å². The zero-order chi connectivity index (χ0) is 13.1. The molecule has 7 heteroatoms. The molecule has 0 amide bonds. The molecule has 5 nitrogen and oxygen atoms in total. The third kappa shape index (κ3) is 2.55. The Kier molecular flexibility index (Phi) is 4.31. The number of nitrogens with zero attached hydrogens (tertiary/aromatic N) is 4. The minimum Gasteiger partial charge on any atom is -0.386 e. The van der Waals surface area contributed by atoms with Gasteiger partial charge in [-0.2, -0.15) is 5.10 Å². The molecule has 2 aromatic heterocycles. The molecule has 0 radical (unpaired) electrons. The van der Waals surface area contributed by atoms with Crippen molar-refractivity contribution in [3.05, 3.63) is 27.5 Å². The van der Waals surface area contributed by atoms with E-state index in [4.69, 9.17) is 11.6 Å². The molecule has 0 aliphatic rings. The third-order valence-electron chi connectivity index (χ3n) is 2.80. The lowest BCUT2D eigenvalue weighted by atomic mass is 10.1. The van der Waals surface area contributed by atoms with E-state index in [0.717, 1.165) is 24.4 Å². The van der Waals surface area contributed by atoms with Crippen LogP contribution in [0.2, 0.25) is 5.02 Å². The van der Waals surface area contributed by atoms with Gasteiger partial charge >= 0.3 is 0 Å². The van der Waals surface area contributed by atoms with Gasteiger partial charge in [-0.25, -0.2) is 0 Å². The summed E-state index contributed by atoms with van der Waals surface area (Å²) in [4.78, 5) is 0. The molecular weight excluding hydrogens is 272 g/mol. The molecule has 0 aromatic carbocycles. The fourth-order valence-corrected chi connectivity index (χ4v) is 2.66. The van der Waals surface area contributed by atoms with Crippen molar-refractivity contribution in [3.63, 3.8) is 0 Å². The van der Waals surface area contributed by atoms with E-state index in [1.165, 1.54) is 11.5 Å². The highest BCUT2D eigenvalue weighted by Crippen LogP contribution is 2.26. The number of aliphatic hydroxyl groups excluding tert-OH is 1. The van der Waals surface area contributed by atoms with Crippen LogP contribution in [0.3, 0.4) is 0 Å². The summed E-state index contributed by atoms with van der Waals surface area (Å²) in [5.41, 5.74) is 2.31. The van der Waals surface area contributed by atoms with Crippen LogP contribution in [-0.4, -0.2) is 24.5 Å². The van der Waals surface area contributed by atoms with E-state index in [1.54, 1.807) is 5.38 Å². The highest BCUT2D eigenvalue weighted by Gasteiger charge is 2.19. The van der Waals surface area contributed by atoms with E-state index in [0.29, 0.717) is 17.1 Å². The standard InChI is InChI=1S/C11H15ClN4OS/c1-3-7-11(12)9(16(4-2)14-7)5-10(17)8-6-18-15-13-8/h6,10,17H,3-5H2,1-2H3. The average molecular weight is 287 g/mol. The SMILES string of the molecule is CCc1nn(CC)c(CC(O)c2csnn2)c1Cl. The topological polar surface area (TPSA) is 63.8 Å². The second-order valence-electron chi connectivity index (χ2n) is 3.93. The second-order valence-corrected chi connectivity index (χ2v) is 4.91. The van der Waals surface area contributed by atoms with Gasteiger partial charge in [-0.3, -0.25) is 4.68 Å². The van der Waals surface area contributed by atoms with Gasteiger partial charge in [-0.05, 0) is 24.9 Å². The van der Waals surface area contributed by atoms with Crippen LogP contribution in [-0.2, 0) is 19.4 Å². The van der Waals surface area contributed by atoms with Crippen LogP contribution in [0.4, 0.5) is 0 Å². The number of hydrogen-bond donors (Lipinski definition) is 1. The molecule has 18 heavy (non-hydrogen) atoms. The summed E-state index contributed by atoms with van der Waals surface area (Å²) < 4.78 is 5.59. The molecule has 0 aliphatic heterocycles. The fourth-order valence-electron chi connectivity index (χ4n) is 1.82. The van der Waals surface area contributed by atoms with E-state index >= 15 is 0 Å². The van der Waals surface area contributed by atoms with Crippen molar-refractivity contribution in [1.82, 2.24) is 19.4 Å². The Morgan fingerprint density at radius 1 is 1.50 bits per heavy atom. The van der Waals surface area contributed by atoms with Crippen molar-refractivity contribution in [2.45, 2.75) is 39.3 Å². The summed E-state index contributed by atoms with van der Waals surface area (Å²) in [7, 11) is 0. The quantitative estimate of drug-likeness (QED) is 0.916. The average Bonchev–Trinajstić information content (AvgIpc) is 2.99. The van der Waals surface area contributed by atoms with Crippen LogP contribution in [0.25, 0.3) is 0 Å². The van der Waals surface area contributed by atoms with E-state index in [2.05, 4.69) is 14.7 Å². The Morgan fingerprint density at radius 3 is 2.83 bits per heavy atom. The Labute approximate surface area is 115 Å². The summed E-state index contributed by atoms with van der Waals surface area (Å²) in [5.74, 6) is 0. The lowest BCUT2D eigenvalue weighted by Gasteiger charge is -2.09. The maximum atomic E-state index is 10.1. The number of hydrogen-bond acceptors (Lipinski definition) is 5. The molecule has 1 atom stereocenters. The minimum atomic E-state index is -0.687. The first-order valence-electron chi connectivity index (χ1n) is 5.86. The number of aryl methyl sites for hydroxylation is 2. The summed E-state index contributed by atoms with van der Waals surface area (Å²) in [5, 5.41) is 20.8. The Hall–Kier alpha value is -0.980. The largest absolute Gasteiger partial charge is 0.386 e. The van der Waals surface area contributed by atoms with Crippen molar-refractivity contribution < 1.29 is 5.11 Å².